The highest BCUT2D eigenvalue weighted by Gasteiger charge is 2.80. The summed E-state index contributed by atoms with van der Waals surface area (Å²) in [5.74, 6) is -2.72. The Morgan fingerprint density at radius 1 is 0.811 bits per heavy atom. The maximum absolute atomic E-state index is 13.3. The lowest BCUT2D eigenvalue weighted by atomic mass is 9.48. The van der Waals surface area contributed by atoms with Crippen LogP contribution in [0.3, 0.4) is 0 Å². The Hall–Kier alpha value is -2.94. The van der Waals surface area contributed by atoms with Crippen LogP contribution >= 0.6 is 0 Å². The third-order valence-electron chi connectivity index (χ3n) is 8.50. The lowest BCUT2D eigenvalue weighted by Crippen LogP contribution is -2.76. The van der Waals surface area contributed by atoms with Gasteiger partial charge in [-0.3, -0.25) is 14.4 Å². The van der Waals surface area contributed by atoms with Crippen molar-refractivity contribution in [3.05, 3.63) is 35.9 Å². The number of benzene rings is 1. The molecule has 9 nitrogen and oxygen atoms in total. The smallest absolute Gasteiger partial charge is 0.338 e. The van der Waals surface area contributed by atoms with Crippen LogP contribution in [-0.4, -0.2) is 59.5 Å². The van der Waals surface area contributed by atoms with Gasteiger partial charge in [0.25, 0.3) is 0 Å². The molecule has 0 N–H and O–H groups in total. The molecule has 3 fully saturated rings. The van der Waals surface area contributed by atoms with E-state index in [-0.39, 0.29) is 11.8 Å². The fourth-order valence-electron chi connectivity index (χ4n) is 7.12. The van der Waals surface area contributed by atoms with E-state index in [0.29, 0.717) is 18.4 Å². The highest BCUT2D eigenvalue weighted by molar-refractivity contribution is 5.89. The van der Waals surface area contributed by atoms with E-state index in [4.69, 9.17) is 23.7 Å². The normalized spacial score (nSPS) is 37.6. The van der Waals surface area contributed by atoms with Gasteiger partial charge >= 0.3 is 23.9 Å². The molecule has 0 radical (unpaired) electrons. The van der Waals surface area contributed by atoms with Crippen molar-refractivity contribution in [2.45, 2.75) is 96.9 Å². The molecule has 202 valence electrons. The SMILES string of the molecule is CC(=O)O[C@H]1C[C@@H](C)[C@]23OC(C)(C)[C@H](C[C@@H](OC(=O)c4ccccc4)[C@@]2(C)[C@H]1OC(C)=O)[C@H]3OC(C)=O. The maximum atomic E-state index is 13.3. The summed E-state index contributed by atoms with van der Waals surface area (Å²) in [6.07, 6.45) is -2.74. The lowest BCUT2D eigenvalue weighted by molar-refractivity contribution is -0.304. The quantitative estimate of drug-likeness (QED) is 0.427. The second-order valence-corrected chi connectivity index (χ2v) is 11.2. The number of ether oxygens (including phenoxy) is 5. The van der Waals surface area contributed by atoms with Crippen molar-refractivity contribution in [1.29, 1.82) is 0 Å². The van der Waals surface area contributed by atoms with Gasteiger partial charge in [0, 0.05) is 26.7 Å². The van der Waals surface area contributed by atoms with Gasteiger partial charge < -0.3 is 23.7 Å². The number of carbonyl (C=O) groups excluding carboxylic acids is 4. The van der Waals surface area contributed by atoms with Crippen molar-refractivity contribution < 1.29 is 42.9 Å². The summed E-state index contributed by atoms with van der Waals surface area (Å²) in [6.45, 7) is 11.5. The highest BCUT2D eigenvalue weighted by Crippen LogP contribution is 2.67. The van der Waals surface area contributed by atoms with Gasteiger partial charge in [0.1, 0.15) is 23.9 Å². The van der Waals surface area contributed by atoms with Crippen LogP contribution in [0.5, 0.6) is 0 Å². The van der Waals surface area contributed by atoms with E-state index in [9.17, 15) is 19.2 Å². The van der Waals surface area contributed by atoms with Crippen LogP contribution in [0.2, 0.25) is 0 Å². The molecule has 2 aliphatic carbocycles. The van der Waals surface area contributed by atoms with Gasteiger partial charge in [-0.25, -0.2) is 4.79 Å². The minimum absolute atomic E-state index is 0.291. The summed E-state index contributed by atoms with van der Waals surface area (Å²) >= 11 is 0. The topological polar surface area (TPSA) is 114 Å². The summed E-state index contributed by atoms with van der Waals surface area (Å²) in [5, 5.41) is 0. The van der Waals surface area contributed by atoms with Gasteiger partial charge in [0.15, 0.2) is 6.10 Å². The zero-order chi connectivity index (χ0) is 27.3. The van der Waals surface area contributed by atoms with E-state index >= 15 is 0 Å². The molecule has 1 aliphatic heterocycles. The van der Waals surface area contributed by atoms with Crippen LogP contribution in [0, 0.1) is 17.3 Å². The maximum Gasteiger partial charge on any atom is 0.338 e. The molecule has 8 atom stereocenters. The van der Waals surface area contributed by atoms with Crippen LogP contribution in [0.1, 0.15) is 71.7 Å². The minimum Gasteiger partial charge on any atom is -0.459 e. The molecule has 2 saturated carbocycles. The Morgan fingerprint density at radius 2 is 1.38 bits per heavy atom. The second-order valence-electron chi connectivity index (χ2n) is 11.2. The van der Waals surface area contributed by atoms with E-state index in [0.717, 1.165) is 0 Å². The highest BCUT2D eigenvalue weighted by atomic mass is 16.6. The third kappa shape index (κ3) is 4.31. The van der Waals surface area contributed by atoms with Crippen molar-refractivity contribution in [2.75, 3.05) is 0 Å². The Labute approximate surface area is 217 Å². The summed E-state index contributed by atoms with van der Waals surface area (Å²) in [5.41, 5.74) is -2.80. The molecule has 1 aromatic carbocycles. The Bertz CT molecular complexity index is 1080. The van der Waals surface area contributed by atoms with Gasteiger partial charge in [0.2, 0.25) is 0 Å². The van der Waals surface area contributed by atoms with Gasteiger partial charge in [-0.15, -0.1) is 0 Å². The summed E-state index contributed by atoms with van der Waals surface area (Å²) < 4.78 is 30.6. The predicted molar refractivity (Wildman–Crippen MR) is 130 cm³/mol. The molecular formula is C28H36O9. The van der Waals surface area contributed by atoms with Gasteiger partial charge in [0.05, 0.1) is 16.6 Å². The van der Waals surface area contributed by atoms with E-state index in [1.165, 1.54) is 20.8 Å². The molecule has 1 spiro atoms. The fourth-order valence-corrected chi connectivity index (χ4v) is 7.12. The second kappa shape index (κ2) is 9.42. The van der Waals surface area contributed by atoms with Gasteiger partial charge in [-0.2, -0.15) is 0 Å². The third-order valence-corrected chi connectivity index (χ3v) is 8.50. The molecular weight excluding hydrogens is 480 g/mol. The molecule has 2 bridgehead atoms. The Kier molecular flexibility index (Phi) is 6.90. The first-order valence-electron chi connectivity index (χ1n) is 12.7. The Morgan fingerprint density at radius 3 is 1.95 bits per heavy atom. The number of fused-ring (bicyclic) bond motifs is 1. The van der Waals surface area contributed by atoms with E-state index in [2.05, 4.69) is 0 Å². The van der Waals surface area contributed by atoms with Gasteiger partial charge in [-0.1, -0.05) is 25.1 Å². The lowest BCUT2D eigenvalue weighted by Gasteiger charge is -2.62. The number of rotatable bonds is 5. The number of carbonyl (C=O) groups is 4. The first-order valence-corrected chi connectivity index (χ1v) is 12.7. The largest absolute Gasteiger partial charge is 0.459 e. The molecule has 1 aromatic rings. The van der Waals surface area contributed by atoms with Crippen LogP contribution in [-0.2, 0) is 38.1 Å². The summed E-state index contributed by atoms with van der Waals surface area (Å²) in [7, 11) is 0. The molecule has 3 aliphatic rings. The van der Waals surface area contributed by atoms with E-state index < -0.39 is 64.9 Å². The number of hydrogen-bond donors (Lipinski definition) is 0. The fraction of sp³-hybridized carbons (Fsp3) is 0.643. The van der Waals surface area contributed by atoms with Gasteiger partial charge in [-0.05, 0) is 51.7 Å². The van der Waals surface area contributed by atoms with Crippen LogP contribution in [0.25, 0.3) is 0 Å². The van der Waals surface area contributed by atoms with Crippen molar-refractivity contribution in [2.24, 2.45) is 17.3 Å². The van der Waals surface area contributed by atoms with Crippen molar-refractivity contribution in [1.82, 2.24) is 0 Å². The zero-order valence-corrected chi connectivity index (χ0v) is 22.4. The van der Waals surface area contributed by atoms with Crippen LogP contribution < -0.4 is 0 Å². The first kappa shape index (κ1) is 27.1. The standard InChI is InChI=1S/C28H36O9/c1-15-13-21(33-16(2)29)24(35-18(4)31)27(7)22(36-25(32)19-11-9-8-10-12-19)14-20-23(34-17(3)30)28(15,27)37-26(20,5)6/h8-12,15,20-24H,13-14H2,1-7H3/t15-,20-,21+,22-,23-,24+,27+,28-/m1/s1. The average molecular weight is 517 g/mol. The Balaban J connectivity index is 1.90. The molecule has 4 rings (SSSR count). The average Bonchev–Trinajstić information content (AvgIpc) is 2.97. The molecule has 0 amide bonds. The predicted octanol–water partition coefficient (Wildman–Crippen LogP) is 3.62. The zero-order valence-electron chi connectivity index (χ0n) is 22.4. The molecule has 9 heteroatoms. The van der Waals surface area contributed by atoms with Crippen LogP contribution in [0.15, 0.2) is 30.3 Å². The number of hydrogen-bond acceptors (Lipinski definition) is 9. The molecule has 0 unspecified atom stereocenters. The van der Waals surface area contributed by atoms with E-state index in [1.54, 1.807) is 30.3 Å². The van der Waals surface area contributed by atoms with Crippen molar-refractivity contribution in [3.63, 3.8) is 0 Å². The van der Waals surface area contributed by atoms with E-state index in [1.807, 2.05) is 27.7 Å². The summed E-state index contributed by atoms with van der Waals surface area (Å²) in [6, 6.07) is 8.61. The summed E-state index contributed by atoms with van der Waals surface area (Å²) in [4.78, 5) is 50.1. The van der Waals surface area contributed by atoms with Crippen molar-refractivity contribution >= 4 is 23.9 Å². The monoisotopic (exact) mass is 516 g/mol. The number of esters is 4. The molecule has 0 aromatic heterocycles. The van der Waals surface area contributed by atoms with Crippen molar-refractivity contribution in [3.8, 4) is 0 Å². The van der Waals surface area contributed by atoms with Crippen LogP contribution in [0.4, 0.5) is 0 Å². The molecule has 37 heavy (non-hydrogen) atoms. The molecule has 1 heterocycles. The minimum atomic E-state index is -1.23. The molecule has 1 saturated heterocycles. The first-order chi connectivity index (χ1) is 17.2.